The zero-order valence-electron chi connectivity index (χ0n) is 5.71. The van der Waals surface area contributed by atoms with Crippen LogP contribution in [0.4, 0.5) is 0 Å². The van der Waals surface area contributed by atoms with Crippen LogP contribution in [0.25, 0.3) is 0 Å². The minimum Gasteiger partial charge on any atom is -0.378 e. The van der Waals surface area contributed by atoms with Gasteiger partial charge in [-0.25, -0.2) is 0 Å². The molecule has 3 nitrogen and oxygen atoms in total. The van der Waals surface area contributed by atoms with E-state index < -0.39 is 0 Å². The molecule has 0 amide bonds. The fourth-order valence-corrected chi connectivity index (χ4v) is 0.856. The highest BCUT2D eigenvalue weighted by Gasteiger charge is 2.04. The lowest BCUT2D eigenvalue weighted by Gasteiger charge is -2.23. The summed E-state index contributed by atoms with van der Waals surface area (Å²) in [6, 6.07) is 0. The van der Waals surface area contributed by atoms with Crippen molar-refractivity contribution in [3.63, 3.8) is 0 Å². The molecule has 1 rings (SSSR count). The Balaban J connectivity index is 2.23. The molecule has 0 aromatic rings. The van der Waals surface area contributed by atoms with Crippen LogP contribution in [0, 0.1) is 0 Å². The Hall–Kier alpha value is -0.570. The van der Waals surface area contributed by atoms with Gasteiger partial charge < -0.3 is 9.64 Å². The lowest BCUT2D eigenvalue weighted by molar-refractivity contribution is 0.0700. The van der Waals surface area contributed by atoms with E-state index in [0.29, 0.717) is 0 Å². The van der Waals surface area contributed by atoms with Crippen molar-refractivity contribution in [1.29, 1.82) is 0 Å². The molecule has 1 aliphatic heterocycles. The molecule has 1 aliphatic rings. The van der Waals surface area contributed by atoms with Gasteiger partial charge in [0.25, 0.3) is 0 Å². The first-order chi connectivity index (χ1) is 4.43. The van der Waals surface area contributed by atoms with E-state index >= 15 is 0 Å². The third-order valence-corrected chi connectivity index (χ3v) is 1.32. The van der Waals surface area contributed by atoms with Gasteiger partial charge in [0.05, 0.1) is 19.6 Å². The van der Waals surface area contributed by atoms with Crippen molar-refractivity contribution in [2.24, 2.45) is 4.99 Å². The first-order valence-electron chi connectivity index (χ1n) is 3.17. The minimum absolute atomic E-state index is 0.839. The Morgan fingerprint density at radius 1 is 1.44 bits per heavy atom. The number of aliphatic imine (C=N–C) groups is 1. The average Bonchev–Trinajstić information content (AvgIpc) is 1.91. The fraction of sp³-hybridized carbons (Fsp3) is 0.833. The molecule has 0 unspecified atom stereocenters. The van der Waals surface area contributed by atoms with Gasteiger partial charge >= 0.3 is 0 Å². The van der Waals surface area contributed by atoms with Crippen molar-refractivity contribution in [1.82, 2.24) is 4.90 Å². The molecule has 0 radical (unpaired) electrons. The van der Waals surface area contributed by atoms with E-state index in [2.05, 4.69) is 9.89 Å². The average molecular weight is 128 g/mol. The monoisotopic (exact) mass is 128 g/mol. The van der Waals surface area contributed by atoms with Crippen LogP contribution in [-0.4, -0.2) is 44.6 Å². The van der Waals surface area contributed by atoms with Crippen molar-refractivity contribution in [3.8, 4) is 0 Å². The summed E-state index contributed by atoms with van der Waals surface area (Å²) in [6.45, 7) is 3.65. The standard InChI is InChI=1S/C6H12N2O/c1-7-6-8-2-4-9-5-3-8/h6H,2-5H2,1H3/b7-6+. The number of rotatable bonds is 1. The second kappa shape index (κ2) is 3.45. The second-order valence-corrected chi connectivity index (χ2v) is 2.02. The molecular formula is C6H12N2O. The number of ether oxygens (including phenoxy) is 1. The van der Waals surface area contributed by atoms with Crippen LogP contribution in [-0.2, 0) is 4.74 Å². The molecule has 9 heavy (non-hydrogen) atoms. The normalized spacial score (nSPS) is 21.2. The highest BCUT2D eigenvalue weighted by molar-refractivity contribution is 5.54. The maximum Gasteiger partial charge on any atom is 0.0847 e. The topological polar surface area (TPSA) is 24.8 Å². The Kier molecular flexibility index (Phi) is 2.51. The summed E-state index contributed by atoms with van der Waals surface area (Å²) in [6.07, 6.45) is 1.86. The maximum absolute atomic E-state index is 5.14. The summed E-state index contributed by atoms with van der Waals surface area (Å²) in [5, 5.41) is 0. The quantitative estimate of drug-likeness (QED) is 0.366. The van der Waals surface area contributed by atoms with Crippen LogP contribution in [0.3, 0.4) is 0 Å². The molecule has 1 fully saturated rings. The van der Waals surface area contributed by atoms with Gasteiger partial charge in [0.1, 0.15) is 0 Å². The van der Waals surface area contributed by atoms with E-state index in [-0.39, 0.29) is 0 Å². The van der Waals surface area contributed by atoms with Crippen molar-refractivity contribution >= 4 is 6.34 Å². The highest BCUT2D eigenvalue weighted by atomic mass is 16.5. The summed E-state index contributed by atoms with van der Waals surface area (Å²) in [5.74, 6) is 0. The zero-order valence-corrected chi connectivity index (χ0v) is 5.71. The summed E-state index contributed by atoms with van der Waals surface area (Å²) in [7, 11) is 1.79. The highest BCUT2D eigenvalue weighted by Crippen LogP contribution is 1.91. The predicted molar refractivity (Wildman–Crippen MR) is 36.8 cm³/mol. The van der Waals surface area contributed by atoms with Crippen molar-refractivity contribution in [2.45, 2.75) is 0 Å². The van der Waals surface area contributed by atoms with Gasteiger partial charge in [0, 0.05) is 20.1 Å². The van der Waals surface area contributed by atoms with Crippen LogP contribution in [0.2, 0.25) is 0 Å². The van der Waals surface area contributed by atoms with Gasteiger partial charge in [-0.05, 0) is 0 Å². The van der Waals surface area contributed by atoms with Gasteiger partial charge in [-0.3, -0.25) is 4.99 Å². The van der Waals surface area contributed by atoms with Gasteiger partial charge in [-0.2, -0.15) is 0 Å². The van der Waals surface area contributed by atoms with E-state index in [1.54, 1.807) is 7.05 Å². The fourth-order valence-electron chi connectivity index (χ4n) is 0.856. The summed E-state index contributed by atoms with van der Waals surface area (Å²) in [4.78, 5) is 6.06. The zero-order chi connectivity index (χ0) is 6.53. The van der Waals surface area contributed by atoms with E-state index in [9.17, 15) is 0 Å². The Labute approximate surface area is 55.3 Å². The molecule has 0 atom stereocenters. The van der Waals surface area contributed by atoms with Gasteiger partial charge in [0.15, 0.2) is 0 Å². The molecule has 52 valence electrons. The molecular weight excluding hydrogens is 116 g/mol. The molecule has 0 saturated carbocycles. The van der Waals surface area contributed by atoms with Crippen LogP contribution in [0.5, 0.6) is 0 Å². The Bertz CT molecular complexity index is 97.2. The van der Waals surface area contributed by atoms with Crippen molar-refractivity contribution in [3.05, 3.63) is 0 Å². The minimum atomic E-state index is 0.839. The van der Waals surface area contributed by atoms with Gasteiger partial charge in [-0.15, -0.1) is 0 Å². The van der Waals surface area contributed by atoms with Gasteiger partial charge in [-0.1, -0.05) is 0 Å². The number of morpholine rings is 1. The predicted octanol–water partition coefficient (Wildman–Crippen LogP) is -0.0233. The molecule has 0 aromatic heterocycles. The van der Waals surface area contributed by atoms with Crippen LogP contribution < -0.4 is 0 Å². The SMILES string of the molecule is C/N=C/N1CCOCC1. The molecule has 1 heterocycles. The van der Waals surface area contributed by atoms with Crippen molar-refractivity contribution < 1.29 is 4.74 Å². The van der Waals surface area contributed by atoms with Crippen molar-refractivity contribution in [2.75, 3.05) is 33.4 Å². The van der Waals surface area contributed by atoms with E-state index in [1.165, 1.54) is 0 Å². The molecule has 0 N–H and O–H groups in total. The molecule has 0 spiro atoms. The first-order valence-corrected chi connectivity index (χ1v) is 3.17. The second-order valence-electron chi connectivity index (χ2n) is 2.02. The third-order valence-electron chi connectivity index (χ3n) is 1.32. The molecule has 0 aliphatic carbocycles. The Morgan fingerprint density at radius 3 is 2.67 bits per heavy atom. The van der Waals surface area contributed by atoms with E-state index in [1.807, 2.05) is 6.34 Å². The smallest absolute Gasteiger partial charge is 0.0847 e. The first kappa shape index (κ1) is 6.55. The van der Waals surface area contributed by atoms with Crippen LogP contribution >= 0.6 is 0 Å². The van der Waals surface area contributed by atoms with E-state index in [0.717, 1.165) is 26.3 Å². The lowest BCUT2D eigenvalue weighted by atomic mass is 10.5. The van der Waals surface area contributed by atoms with Crippen LogP contribution in [0.1, 0.15) is 0 Å². The molecule has 0 aromatic carbocycles. The summed E-state index contributed by atoms with van der Waals surface area (Å²) in [5.41, 5.74) is 0. The third kappa shape index (κ3) is 2.01. The Morgan fingerprint density at radius 2 is 2.11 bits per heavy atom. The van der Waals surface area contributed by atoms with Crippen LogP contribution in [0.15, 0.2) is 4.99 Å². The number of nitrogens with zero attached hydrogens (tertiary/aromatic N) is 2. The molecule has 3 heteroatoms. The van der Waals surface area contributed by atoms with Gasteiger partial charge in [0.2, 0.25) is 0 Å². The largest absolute Gasteiger partial charge is 0.378 e. The number of hydrogen-bond donors (Lipinski definition) is 0. The molecule has 0 bridgehead atoms. The number of hydrogen-bond acceptors (Lipinski definition) is 2. The maximum atomic E-state index is 5.14. The summed E-state index contributed by atoms with van der Waals surface area (Å²) >= 11 is 0. The van der Waals surface area contributed by atoms with E-state index in [4.69, 9.17) is 4.74 Å². The lowest BCUT2D eigenvalue weighted by Crippen LogP contribution is -2.34. The summed E-state index contributed by atoms with van der Waals surface area (Å²) < 4.78 is 5.14. The molecule has 1 saturated heterocycles.